The van der Waals surface area contributed by atoms with Crippen LogP contribution in [0.25, 0.3) is 33.4 Å². The Hall–Kier alpha value is -3.16. The summed E-state index contributed by atoms with van der Waals surface area (Å²) in [6, 6.07) is 21.0. The Labute approximate surface area is 213 Å². The van der Waals surface area contributed by atoms with Gasteiger partial charge in [0.2, 0.25) is 0 Å². The molecule has 2 aromatic carbocycles. The lowest BCUT2D eigenvalue weighted by atomic mass is 10.1. The minimum absolute atomic E-state index is 0.332. The molecule has 186 valence electrons. The van der Waals surface area contributed by atoms with Crippen LogP contribution in [0.3, 0.4) is 0 Å². The second kappa shape index (κ2) is 8.75. The number of hydrogen-bond donors (Lipinski definition) is 0. The van der Waals surface area contributed by atoms with Gasteiger partial charge in [-0.3, -0.25) is 9.88 Å². The van der Waals surface area contributed by atoms with Crippen molar-refractivity contribution < 1.29 is 8.42 Å². The molecule has 0 N–H and O–H groups in total. The summed E-state index contributed by atoms with van der Waals surface area (Å²) in [5.41, 5.74) is 7.48. The van der Waals surface area contributed by atoms with Gasteiger partial charge in [-0.25, -0.2) is 8.42 Å². The summed E-state index contributed by atoms with van der Waals surface area (Å²) in [5.74, 6) is 0. The Bertz CT molecular complexity index is 1540. The minimum Gasteiger partial charge on any atom is -0.369 e. The highest BCUT2D eigenvalue weighted by Crippen LogP contribution is 2.33. The molecule has 0 bridgehead atoms. The highest BCUT2D eigenvalue weighted by molar-refractivity contribution is 7.90. The van der Waals surface area contributed by atoms with Gasteiger partial charge in [-0.15, -0.1) is 0 Å². The molecule has 7 heteroatoms. The third-order valence-electron chi connectivity index (χ3n) is 7.69. The number of sulfone groups is 1. The van der Waals surface area contributed by atoms with Crippen molar-refractivity contribution in [2.75, 3.05) is 37.3 Å². The summed E-state index contributed by atoms with van der Waals surface area (Å²) >= 11 is 0. The van der Waals surface area contributed by atoms with Crippen LogP contribution in [0.15, 0.2) is 65.6 Å². The molecule has 2 aliphatic rings. The van der Waals surface area contributed by atoms with Crippen molar-refractivity contribution in [2.45, 2.75) is 30.7 Å². The van der Waals surface area contributed by atoms with Gasteiger partial charge in [0.05, 0.1) is 16.1 Å². The summed E-state index contributed by atoms with van der Waals surface area (Å²) in [6.45, 7) is 6.50. The Morgan fingerprint density at radius 2 is 1.61 bits per heavy atom. The molecule has 0 unspecified atom stereocenters. The SMILES string of the molecule is Cc1nc(-c2cccc(N3CCN(C4CC4)CC3)c2)cc2c1cc(-c1ccc(S(C)(=O)=O)cc1)n2C. The minimum atomic E-state index is -3.22. The van der Waals surface area contributed by atoms with Crippen LogP contribution in [0.4, 0.5) is 5.69 Å². The van der Waals surface area contributed by atoms with Crippen LogP contribution in [-0.4, -0.2) is 61.3 Å². The molecule has 2 fully saturated rings. The molecule has 6 nitrogen and oxygen atoms in total. The van der Waals surface area contributed by atoms with Crippen LogP contribution in [0.1, 0.15) is 18.5 Å². The molecule has 36 heavy (non-hydrogen) atoms. The first-order valence-electron chi connectivity index (χ1n) is 12.6. The second-order valence-electron chi connectivity index (χ2n) is 10.2. The normalized spacial score (nSPS) is 17.1. The highest BCUT2D eigenvalue weighted by atomic mass is 32.2. The van der Waals surface area contributed by atoms with Crippen LogP contribution >= 0.6 is 0 Å². The Kier molecular flexibility index (Phi) is 5.65. The number of pyridine rings is 1. The van der Waals surface area contributed by atoms with Gasteiger partial charge in [-0.2, -0.15) is 0 Å². The highest BCUT2D eigenvalue weighted by Gasteiger charge is 2.31. The summed E-state index contributed by atoms with van der Waals surface area (Å²) < 4.78 is 25.9. The third-order valence-corrected chi connectivity index (χ3v) is 8.82. The van der Waals surface area contributed by atoms with E-state index in [0.29, 0.717) is 4.90 Å². The van der Waals surface area contributed by atoms with Gasteiger partial charge in [-0.05, 0) is 61.7 Å². The van der Waals surface area contributed by atoms with Crippen molar-refractivity contribution in [1.29, 1.82) is 0 Å². The molecule has 0 radical (unpaired) electrons. The lowest BCUT2D eigenvalue weighted by molar-refractivity contribution is 0.248. The van der Waals surface area contributed by atoms with Crippen molar-refractivity contribution in [3.8, 4) is 22.5 Å². The number of rotatable bonds is 5. The monoisotopic (exact) mass is 500 g/mol. The number of nitrogens with zero attached hydrogens (tertiary/aromatic N) is 4. The van der Waals surface area contributed by atoms with Gasteiger partial charge in [0.15, 0.2) is 9.84 Å². The van der Waals surface area contributed by atoms with Crippen LogP contribution in [0.2, 0.25) is 0 Å². The molecule has 0 amide bonds. The zero-order valence-corrected chi connectivity index (χ0v) is 21.9. The van der Waals surface area contributed by atoms with E-state index in [1.807, 2.05) is 12.1 Å². The first kappa shape index (κ1) is 23.3. The maximum atomic E-state index is 11.9. The molecule has 1 saturated heterocycles. The average Bonchev–Trinajstić information content (AvgIpc) is 3.67. The van der Waals surface area contributed by atoms with Gasteiger partial charge in [0, 0.05) is 73.5 Å². The van der Waals surface area contributed by atoms with E-state index in [0.717, 1.165) is 71.3 Å². The van der Waals surface area contributed by atoms with E-state index in [1.54, 1.807) is 12.1 Å². The smallest absolute Gasteiger partial charge is 0.175 e. The van der Waals surface area contributed by atoms with Gasteiger partial charge in [-0.1, -0.05) is 24.3 Å². The van der Waals surface area contributed by atoms with Crippen LogP contribution in [-0.2, 0) is 16.9 Å². The molecular formula is C29H32N4O2S. The van der Waals surface area contributed by atoms with Crippen LogP contribution in [0.5, 0.6) is 0 Å². The number of hydrogen-bond acceptors (Lipinski definition) is 5. The topological polar surface area (TPSA) is 58.4 Å². The molecule has 2 aromatic heterocycles. The third kappa shape index (κ3) is 4.31. The molecule has 0 atom stereocenters. The molecular weight excluding hydrogens is 468 g/mol. The molecule has 6 rings (SSSR count). The van der Waals surface area contributed by atoms with Gasteiger partial charge in [0.25, 0.3) is 0 Å². The molecule has 4 aromatic rings. The molecule has 0 spiro atoms. The predicted octanol–water partition coefficient (Wildman–Crippen LogP) is 4.90. The lowest BCUT2D eigenvalue weighted by Crippen LogP contribution is -2.47. The number of benzene rings is 2. The Morgan fingerprint density at radius 1 is 0.889 bits per heavy atom. The zero-order chi connectivity index (χ0) is 25.0. The van der Waals surface area contributed by atoms with Crippen LogP contribution in [0, 0.1) is 6.92 Å². The second-order valence-corrected chi connectivity index (χ2v) is 12.2. The predicted molar refractivity (Wildman–Crippen MR) is 146 cm³/mol. The van der Waals surface area contributed by atoms with Crippen molar-refractivity contribution >= 4 is 26.4 Å². The van der Waals surface area contributed by atoms with Crippen molar-refractivity contribution in [2.24, 2.45) is 7.05 Å². The van der Waals surface area contributed by atoms with E-state index in [4.69, 9.17) is 4.98 Å². The number of fused-ring (bicyclic) bond motifs is 1. The fraction of sp³-hybridized carbons (Fsp3) is 0.345. The summed E-state index contributed by atoms with van der Waals surface area (Å²) in [6.07, 6.45) is 3.98. The summed E-state index contributed by atoms with van der Waals surface area (Å²) in [5, 5.41) is 1.11. The fourth-order valence-corrected chi connectivity index (χ4v) is 6.06. The van der Waals surface area contributed by atoms with E-state index >= 15 is 0 Å². The summed E-state index contributed by atoms with van der Waals surface area (Å²) in [7, 11) is -1.16. The first-order valence-corrected chi connectivity index (χ1v) is 14.5. The molecule has 1 aliphatic carbocycles. The Balaban J connectivity index is 1.32. The maximum Gasteiger partial charge on any atom is 0.175 e. The van der Waals surface area contributed by atoms with E-state index in [9.17, 15) is 8.42 Å². The lowest BCUT2D eigenvalue weighted by Gasteiger charge is -2.36. The fourth-order valence-electron chi connectivity index (χ4n) is 5.43. The van der Waals surface area contributed by atoms with Gasteiger partial charge in [0.1, 0.15) is 0 Å². The van der Waals surface area contributed by atoms with E-state index < -0.39 is 9.84 Å². The quantitative estimate of drug-likeness (QED) is 0.390. The Morgan fingerprint density at radius 3 is 2.28 bits per heavy atom. The van der Waals surface area contributed by atoms with E-state index in [1.165, 1.54) is 24.8 Å². The van der Waals surface area contributed by atoms with E-state index in [-0.39, 0.29) is 0 Å². The van der Waals surface area contributed by atoms with E-state index in [2.05, 4.69) is 64.7 Å². The largest absolute Gasteiger partial charge is 0.369 e. The van der Waals surface area contributed by atoms with Crippen molar-refractivity contribution in [1.82, 2.24) is 14.5 Å². The number of piperazine rings is 1. The van der Waals surface area contributed by atoms with Crippen molar-refractivity contribution in [3.05, 3.63) is 66.4 Å². The standard InChI is InChI=1S/C29H32N4O2S/c1-20-26-18-28(21-7-11-25(12-8-21)36(3,34)35)31(2)29(26)19-27(30-20)22-5-4-6-24(17-22)33-15-13-32(14-16-33)23-9-10-23/h4-8,11-12,17-19,23H,9-10,13-16H2,1-3H3. The van der Waals surface area contributed by atoms with Gasteiger partial charge >= 0.3 is 0 Å². The van der Waals surface area contributed by atoms with Crippen molar-refractivity contribution in [3.63, 3.8) is 0 Å². The number of aryl methyl sites for hydroxylation is 2. The molecule has 1 aliphatic heterocycles. The number of anilines is 1. The van der Waals surface area contributed by atoms with Crippen LogP contribution < -0.4 is 4.90 Å². The summed E-state index contributed by atoms with van der Waals surface area (Å²) in [4.78, 5) is 10.4. The molecule has 1 saturated carbocycles. The maximum absolute atomic E-state index is 11.9. The first-order chi connectivity index (χ1) is 17.3. The number of aromatic nitrogens is 2. The van der Waals surface area contributed by atoms with Gasteiger partial charge < -0.3 is 9.47 Å². The molecule has 3 heterocycles. The average molecular weight is 501 g/mol. The zero-order valence-electron chi connectivity index (χ0n) is 21.1.